The quantitative estimate of drug-likeness (QED) is 0.819. The maximum absolute atomic E-state index is 12.7. The first-order chi connectivity index (χ1) is 12.7. The van der Waals surface area contributed by atoms with E-state index in [1.54, 1.807) is 0 Å². The fourth-order valence-corrected chi connectivity index (χ4v) is 4.29. The second-order valence-corrected chi connectivity index (χ2v) is 7.36. The molecule has 3 saturated heterocycles. The third-order valence-corrected chi connectivity index (χ3v) is 5.60. The van der Waals surface area contributed by atoms with Crippen LogP contribution in [0.2, 0.25) is 0 Å². The van der Waals surface area contributed by atoms with Gasteiger partial charge < -0.3 is 10.6 Å². The van der Waals surface area contributed by atoms with Crippen molar-refractivity contribution in [1.82, 2.24) is 25.2 Å². The van der Waals surface area contributed by atoms with Crippen LogP contribution in [0.15, 0.2) is 36.5 Å². The van der Waals surface area contributed by atoms with E-state index in [2.05, 4.69) is 25.8 Å². The smallest absolute Gasteiger partial charge is 0.229 e. The molecule has 26 heavy (non-hydrogen) atoms. The van der Waals surface area contributed by atoms with Crippen molar-refractivity contribution in [2.75, 3.05) is 25.5 Å². The minimum Gasteiger partial charge on any atom is -0.326 e. The van der Waals surface area contributed by atoms with Crippen molar-refractivity contribution in [1.29, 1.82) is 0 Å². The number of rotatable bonds is 6. The summed E-state index contributed by atoms with van der Waals surface area (Å²) in [5.74, 6) is 0.686. The number of nitrogens with one attached hydrogen (secondary N) is 2. The molecule has 7 nitrogen and oxygen atoms in total. The van der Waals surface area contributed by atoms with Crippen LogP contribution in [0.25, 0.3) is 0 Å². The lowest BCUT2D eigenvalue weighted by Crippen LogP contribution is -2.57. The van der Waals surface area contributed by atoms with E-state index in [0.29, 0.717) is 12.0 Å². The van der Waals surface area contributed by atoms with E-state index in [0.717, 1.165) is 50.4 Å². The fraction of sp³-hybridized carbons (Fsp3) is 0.526. The van der Waals surface area contributed by atoms with Crippen LogP contribution in [-0.4, -0.2) is 52.0 Å². The number of hydrogen-bond acceptors (Lipinski definition) is 5. The monoisotopic (exact) mass is 354 g/mol. The number of carbonyl (C=O) groups is 1. The first-order valence-corrected chi connectivity index (χ1v) is 9.36. The molecule has 5 rings (SSSR count). The Hall–Kier alpha value is -2.25. The van der Waals surface area contributed by atoms with Crippen LogP contribution in [0.3, 0.4) is 0 Å². The van der Waals surface area contributed by atoms with Crippen LogP contribution in [0.4, 0.5) is 5.69 Å². The van der Waals surface area contributed by atoms with Gasteiger partial charge in [0.2, 0.25) is 5.91 Å². The van der Waals surface area contributed by atoms with Crippen LogP contribution >= 0.6 is 0 Å². The SMILES string of the molecule is CNCc1cn(C[C@H]2CC3CCN2C[C@@H]3C(=O)Nc2ccccc2)nn1. The summed E-state index contributed by atoms with van der Waals surface area (Å²) >= 11 is 0. The number of amides is 1. The summed E-state index contributed by atoms with van der Waals surface area (Å²) in [6.45, 7) is 3.49. The van der Waals surface area contributed by atoms with Crippen LogP contribution < -0.4 is 10.6 Å². The van der Waals surface area contributed by atoms with E-state index in [4.69, 9.17) is 0 Å². The van der Waals surface area contributed by atoms with Gasteiger partial charge in [0.05, 0.1) is 18.2 Å². The van der Waals surface area contributed by atoms with Crippen LogP contribution in [-0.2, 0) is 17.9 Å². The van der Waals surface area contributed by atoms with E-state index in [1.807, 2.05) is 48.3 Å². The maximum Gasteiger partial charge on any atom is 0.229 e. The second kappa shape index (κ2) is 7.55. The highest BCUT2D eigenvalue weighted by molar-refractivity contribution is 5.93. The maximum atomic E-state index is 12.7. The number of anilines is 1. The highest BCUT2D eigenvalue weighted by Crippen LogP contribution is 2.37. The van der Waals surface area contributed by atoms with Crippen molar-refractivity contribution in [3.63, 3.8) is 0 Å². The van der Waals surface area contributed by atoms with Crippen molar-refractivity contribution < 1.29 is 4.79 Å². The summed E-state index contributed by atoms with van der Waals surface area (Å²) < 4.78 is 1.94. The van der Waals surface area contributed by atoms with Gasteiger partial charge in [-0.1, -0.05) is 23.4 Å². The number of para-hydroxylation sites is 1. The Morgan fingerprint density at radius 3 is 2.88 bits per heavy atom. The first kappa shape index (κ1) is 17.2. The molecule has 2 bridgehead atoms. The Morgan fingerprint density at radius 1 is 1.31 bits per heavy atom. The summed E-state index contributed by atoms with van der Waals surface area (Å²) in [6.07, 6.45) is 4.17. The summed E-state index contributed by atoms with van der Waals surface area (Å²) in [6, 6.07) is 10.2. The van der Waals surface area contributed by atoms with Crippen molar-refractivity contribution in [2.45, 2.75) is 32.0 Å². The molecule has 3 aliphatic rings. The lowest BCUT2D eigenvalue weighted by molar-refractivity contribution is -0.127. The Bertz CT molecular complexity index is 745. The van der Waals surface area contributed by atoms with Crippen LogP contribution in [0, 0.1) is 11.8 Å². The number of piperidine rings is 3. The van der Waals surface area contributed by atoms with Crippen molar-refractivity contribution >= 4 is 11.6 Å². The molecule has 138 valence electrons. The van der Waals surface area contributed by atoms with Gasteiger partial charge in [-0.25, -0.2) is 0 Å². The van der Waals surface area contributed by atoms with Crippen molar-refractivity contribution in [3.05, 3.63) is 42.2 Å². The lowest BCUT2D eigenvalue weighted by atomic mass is 9.75. The zero-order valence-electron chi connectivity index (χ0n) is 15.1. The van der Waals surface area contributed by atoms with Gasteiger partial charge in [0, 0.05) is 31.0 Å². The normalized spacial score (nSPS) is 27.4. The van der Waals surface area contributed by atoms with E-state index >= 15 is 0 Å². The third kappa shape index (κ3) is 3.64. The van der Waals surface area contributed by atoms with Gasteiger partial charge in [-0.3, -0.25) is 14.4 Å². The molecule has 4 heterocycles. The van der Waals surface area contributed by atoms with E-state index in [9.17, 15) is 4.79 Å². The third-order valence-electron chi connectivity index (χ3n) is 5.60. The van der Waals surface area contributed by atoms with Crippen molar-refractivity contribution in [2.24, 2.45) is 11.8 Å². The molecular formula is C19H26N6O. The van der Waals surface area contributed by atoms with Gasteiger partial charge in [0.25, 0.3) is 0 Å². The summed E-state index contributed by atoms with van der Waals surface area (Å²) in [7, 11) is 1.91. The van der Waals surface area contributed by atoms with Crippen LogP contribution in [0.5, 0.6) is 0 Å². The molecule has 0 spiro atoms. The zero-order valence-corrected chi connectivity index (χ0v) is 15.1. The number of nitrogens with zero attached hydrogens (tertiary/aromatic N) is 4. The summed E-state index contributed by atoms with van der Waals surface area (Å²) in [5.41, 5.74) is 1.84. The van der Waals surface area contributed by atoms with Gasteiger partial charge in [-0.15, -0.1) is 5.10 Å². The minimum absolute atomic E-state index is 0.0794. The molecule has 1 amide bonds. The van der Waals surface area contributed by atoms with Crippen LogP contribution in [0.1, 0.15) is 18.5 Å². The van der Waals surface area contributed by atoms with Crippen molar-refractivity contribution in [3.8, 4) is 0 Å². The van der Waals surface area contributed by atoms with Gasteiger partial charge in [-0.05, 0) is 44.5 Å². The predicted molar refractivity (Wildman–Crippen MR) is 99.4 cm³/mol. The minimum atomic E-state index is 0.0794. The Kier molecular flexibility index (Phi) is 4.99. The molecule has 0 radical (unpaired) electrons. The molecular weight excluding hydrogens is 328 g/mol. The van der Waals surface area contributed by atoms with E-state index in [1.165, 1.54) is 0 Å². The standard InChI is InChI=1S/C19H26N6O/c1-20-10-16-11-25(23-22-16)12-17-9-14-7-8-24(17)13-18(14)19(26)21-15-5-3-2-4-6-15/h2-6,11,14,17-18,20H,7-10,12-13H2,1H3,(H,21,26)/t14?,17-,18+/m1/s1. The van der Waals surface area contributed by atoms with Gasteiger partial charge >= 0.3 is 0 Å². The van der Waals surface area contributed by atoms with E-state index < -0.39 is 0 Å². The summed E-state index contributed by atoms with van der Waals surface area (Å²) in [5, 5.41) is 14.6. The number of aromatic nitrogens is 3. The molecule has 1 aromatic carbocycles. The average molecular weight is 354 g/mol. The first-order valence-electron chi connectivity index (χ1n) is 9.36. The molecule has 7 heteroatoms. The number of hydrogen-bond donors (Lipinski definition) is 2. The van der Waals surface area contributed by atoms with Gasteiger partial charge in [0.1, 0.15) is 0 Å². The highest BCUT2D eigenvalue weighted by Gasteiger charge is 2.43. The van der Waals surface area contributed by atoms with Gasteiger partial charge in [-0.2, -0.15) is 0 Å². The highest BCUT2D eigenvalue weighted by atomic mass is 16.2. The molecule has 1 aromatic heterocycles. The lowest BCUT2D eigenvalue weighted by Gasteiger charge is -2.49. The zero-order chi connectivity index (χ0) is 17.9. The molecule has 2 aromatic rings. The second-order valence-electron chi connectivity index (χ2n) is 7.36. The topological polar surface area (TPSA) is 75.1 Å². The predicted octanol–water partition coefficient (Wildman–Crippen LogP) is 1.35. The largest absolute Gasteiger partial charge is 0.326 e. The fourth-order valence-electron chi connectivity index (χ4n) is 4.29. The molecule has 2 N–H and O–H groups in total. The Morgan fingerprint density at radius 2 is 2.15 bits per heavy atom. The molecule has 0 saturated carbocycles. The molecule has 3 aliphatic heterocycles. The summed E-state index contributed by atoms with van der Waals surface area (Å²) in [4.78, 5) is 15.2. The number of carbonyl (C=O) groups excluding carboxylic acids is 1. The molecule has 2 unspecified atom stereocenters. The number of fused-ring (bicyclic) bond motifs is 3. The van der Waals surface area contributed by atoms with Gasteiger partial charge in [0.15, 0.2) is 0 Å². The molecule has 3 fully saturated rings. The molecule has 4 atom stereocenters. The Balaban J connectivity index is 1.37. The molecule has 0 aliphatic carbocycles. The average Bonchev–Trinajstić information content (AvgIpc) is 3.10. The van der Waals surface area contributed by atoms with E-state index in [-0.39, 0.29) is 11.8 Å². The Labute approximate surface area is 153 Å². The number of benzene rings is 1.